The van der Waals surface area contributed by atoms with E-state index in [2.05, 4.69) is 36.3 Å². The van der Waals surface area contributed by atoms with Gasteiger partial charge < -0.3 is 5.73 Å². The minimum absolute atomic E-state index is 0.206. The molecular formula is C15H21N3S. The molecule has 4 heteroatoms. The molecule has 2 aromatic rings. The molecule has 0 saturated carbocycles. The van der Waals surface area contributed by atoms with E-state index in [4.69, 9.17) is 5.73 Å². The summed E-state index contributed by atoms with van der Waals surface area (Å²) in [5.74, 6) is 0. The molecule has 1 atom stereocenters. The lowest BCUT2D eigenvalue weighted by Crippen LogP contribution is -2.17. The highest BCUT2D eigenvalue weighted by Gasteiger charge is 2.07. The van der Waals surface area contributed by atoms with Crippen LogP contribution in [0.2, 0.25) is 0 Å². The number of aryl methyl sites for hydroxylation is 3. The van der Waals surface area contributed by atoms with Crippen molar-refractivity contribution < 1.29 is 0 Å². The van der Waals surface area contributed by atoms with Gasteiger partial charge in [0, 0.05) is 18.0 Å². The Kier molecular flexibility index (Phi) is 4.32. The van der Waals surface area contributed by atoms with Gasteiger partial charge in [-0.15, -0.1) is 0 Å². The maximum Gasteiger partial charge on any atom is 0.0987 e. The van der Waals surface area contributed by atoms with Crippen molar-refractivity contribution in [3.8, 4) is 0 Å². The van der Waals surface area contributed by atoms with Gasteiger partial charge in [0.15, 0.2) is 0 Å². The van der Waals surface area contributed by atoms with Crippen molar-refractivity contribution in [1.29, 1.82) is 0 Å². The summed E-state index contributed by atoms with van der Waals surface area (Å²) in [7, 11) is 1.98. The molecule has 2 N–H and O–H groups in total. The first-order valence-corrected chi connectivity index (χ1v) is 7.31. The largest absolute Gasteiger partial charge is 0.328 e. The van der Waals surface area contributed by atoms with E-state index < -0.39 is 0 Å². The number of nitrogens with two attached hydrogens (primary N) is 1. The second kappa shape index (κ2) is 5.80. The number of rotatable bonds is 4. The average molecular weight is 275 g/mol. The van der Waals surface area contributed by atoms with Crippen LogP contribution in [0.4, 0.5) is 0 Å². The lowest BCUT2D eigenvalue weighted by Gasteiger charge is -2.10. The SMILES string of the molecule is Cc1cc(Sc2ccc(CC(C)N)cc2C)n(C)n1. The maximum atomic E-state index is 5.84. The van der Waals surface area contributed by atoms with Crippen molar-refractivity contribution in [3.05, 3.63) is 41.1 Å². The summed E-state index contributed by atoms with van der Waals surface area (Å²) in [6, 6.07) is 8.90. The van der Waals surface area contributed by atoms with Gasteiger partial charge in [-0.25, -0.2) is 0 Å². The van der Waals surface area contributed by atoms with Crippen LogP contribution < -0.4 is 5.73 Å². The smallest absolute Gasteiger partial charge is 0.0987 e. The van der Waals surface area contributed by atoms with Gasteiger partial charge in [-0.3, -0.25) is 4.68 Å². The van der Waals surface area contributed by atoms with Crippen LogP contribution in [-0.4, -0.2) is 15.8 Å². The fraction of sp³-hybridized carbons (Fsp3) is 0.400. The second-order valence-electron chi connectivity index (χ2n) is 5.13. The van der Waals surface area contributed by atoms with Crippen LogP contribution >= 0.6 is 11.8 Å². The lowest BCUT2D eigenvalue weighted by molar-refractivity contribution is 0.692. The van der Waals surface area contributed by atoms with E-state index in [1.54, 1.807) is 11.8 Å². The molecule has 0 aliphatic heterocycles. The van der Waals surface area contributed by atoms with Gasteiger partial charge in [-0.05, 0) is 50.5 Å². The topological polar surface area (TPSA) is 43.8 Å². The highest BCUT2D eigenvalue weighted by molar-refractivity contribution is 7.99. The molecule has 102 valence electrons. The van der Waals surface area contributed by atoms with Crippen LogP contribution in [0.25, 0.3) is 0 Å². The van der Waals surface area contributed by atoms with Gasteiger partial charge in [0.1, 0.15) is 0 Å². The molecule has 0 fully saturated rings. The molecule has 1 aromatic heterocycles. The Balaban J connectivity index is 2.19. The Morgan fingerprint density at radius 3 is 2.58 bits per heavy atom. The van der Waals surface area contributed by atoms with Crippen LogP contribution in [0, 0.1) is 13.8 Å². The van der Waals surface area contributed by atoms with Crippen LogP contribution in [0.5, 0.6) is 0 Å². The predicted molar refractivity (Wildman–Crippen MR) is 80.6 cm³/mol. The number of hydrogen-bond donors (Lipinski definition) is 1. The van der Waals surface area contributed by atoms with Crippen molar-refractivity contribution in [2.75, 3.05) is 0 Å². The Morgan fingerprint density at radius 1 is 1.32 bits per heavy atom. The van der Waals surface area contributed by atoms with Gasteiger partial charge in [-0.1, -0.05) is 23.9 Å². The summed E-state index contributed by atoms with van der Waals surface area (Å²) < 4.78 is 1.93. The summed E-state index contributed by atoms with van der Waals surface area (Å²) >= 11 is 1.76. The van der Waals surface area contributed by atoms with Crippen LogP contribution in [0.15, 0.2) is 34.2 Å². The molecule has 0 saturated heterocycles. The maximum absolute atomic E-state index is 5.84. The molecule has 1 unspecified atom stereocenters. The number of benzene rings is 1. The third kappa shape index (κ3) is 3.61. The molecule has 0 aliphatic carbocycles. The Morgan fingerprint density at radius 2 is 2.05 bits per heavy atom. The predicted octanol–water partition coefficient (Wildman–Crippen LogP) is 3.08. The quantitative estimate of drug-likeness (QED) is 0.932. The standard InChI is InChI=1S/C15H21N3S/c1-10-7-13(8-11(2)16)5-6-14(10)19-15-9-12(3)17-18(15)4/h5-7,9,11H,8,16H2,1-4H3. The first-order chi connectivity index (χ1) is 8.95. The third-order valence-corrected chi connectivity index (χ3v) is 4.24. The number of nitrogens with zero attached hydrogens (tertiary/aromatic N) is 2. The normalized spacial score (nSPS) is 12.7. The van der Waals surface area contributed by atoms with Gasteiger partial charge in [0.25, 0.3) is 0 Å². The Labute approximate surface area is 119 Å². The summed E-state index contributed by atoms with van der Waals surface area (Å²) in [5, 5.41) is 5.54. The van der Waals surface area contributed by atoms with E-state index in [0.29, 0.717) is 0 Å². The molecule has 0 aliphatic rings. The lowest BCUT2D eigenvalue weighted by atomic mass is 10.1. The van der Waals surface area contributed by atoms with E-state index >= 15 is 0 Å². The summed E-state index contributed by atoms with van der Waals surface area (Å²) in [5.41, 5.74) is 9.49. The molecule has 0 radical (unpaired) electrons. The van der Waals surface area contributed by atoms with Crippen molar-refractivity contribution >= 4 is 11.8 Å². The molecule has 0 spiro atoms. The minimum Gasteiger partial charge on any atom is -0.328 e. The minimum atomic E-state index is 0.206. The molecular weight excluding hydrogens is 254 g/mol. The number of aromatic nitrogens is 2. The molecule has 1 heterocycles. The van der Waals surface area contributed by atoms with Crippen LogP contribution in [-0.2, 0) is 13.5 Å². The van der Waals surface area contributed by atoms with E-state index in [9.17, 15) is 0 Å². The van der Waals surface area contributed by atoms with E-state index in [0.717, 1.165) is 12.1 Å². The zero-order valence-corrected chi connectivity index (χ0v) is 12.8. The molecule has 2 rings (SSSR count). The molecule has 0 bridgehead atoms. The second-order valence-corrected chi connectivity index (χ2v) is 6.19. The average Bonchev–Trinajstić information content (AvgIpc) is 2.60. The monoisotopic (exact) mass is 275 g/mol. The van der Waals surface area contributed by atoms with E-state index in [-0.39, 0.29) is 6.04 Å². The highest BCUT2D eigenvalue weighted by Crippen LogP contribution is 2.30. The van der Waals surface area contributed by atoms with Crippen molar-refractivity contribution in [3.63, 3.8) is 0 Å². The summed E-state index contributed by atoms with van der Waals surface area (Å²) in [6.07, 6.45) is 0.927. The molecule has 1 aromatic carbocycles. The van der Waals surface area contributed by atoms with Gasteiger partial charge in [0.2, 0.25) is 0 Å². The third-order valence-electron chi connectivity index (χ3n) is 2.97. The van der Waals surface area contributed by atoms with E-state index in [1.807, 2.05) is 25.6 Å². The number of hydrogen-bond acceptors (Lipinski definition) is 3. The Hall–Kier alpha value is -1.26. The first-order valence-electron chi connectivity index (χ1n) is 6.49. The summed E-state index contributed by atoms with van der Waals surface area (Å²) in [4.78, 5) is 1.27. The van der Waals surface area contributed by atoms with Crippen LogP contribution in [0.1, 0.15) is 23.7 Å². The highest BCUT2D eigenvalue weighted by atomic mass is 32.2. The zero-order chi connectivity index (χ0) is 14.0. The summed E-state index contributed by atoms with van der Waals surface area (Å²) in [6.45, 7) is 6.20. The van der Waals surface area contributed by atoms with Gasteiger partial charge in [-0.2, -0.15) is 5.10 Å². The fourth-order valence-corrected chi connectivity index (χ4v) is 3.10. The van der Waals surface area contributed by atoms with Crippen LogP contribution in [0.3, 0.4) is 0 Å². The van der Waals surface area contributed by atoms with Crippen molar-refractivity contribution in [2.24, 2.45) is 12.8 Å². The molecule has 19 heavy (non-hydrogen) atoms. The van der Waals surface area contributed by atoms with Crippen molar-refractivity contribution in [2.45, 2.75) is 43.2 Å². The van der Waals surface area contributed by atoms with Crippen molar-refractivity contribution in [1.82, 2.24) is 9.78 Å². The first kappa shape index (κ1) is 14.2. The zero-order valence-electron chi connectivity index (χ0n) is 12.0. The van der Waals surface area contributed by atoms with E-state index in [1.165, 1.54) is 21.0 Å². The Bertz CT molecular complexity index is 573. The fourth-order valence-electron chi connectivity index (χ4n) is 2.12. The molecule has 3 nitrogen and oxygen atoms in total. The van der Waals surface area contributed by atoms with Gasteiger partial charge in [0.05, 0.1) is 10.7 Å². The van der Waals surface area contributed by atoms with Gasteiger partial charge >= 0.3 is 0 Å². The molecule has 0 amide bonds.